The Morgan fingerprint density at radius 1 is 1.37 bits per heavy atom. The molecule has 104 valence electrons. The fraction of sp³-hybridized carbons (Fsp3) is 0.600. The molecule has 0 radical (unpaired) electrons. The Morgan fingerprint density at radius 2 is 2.11 bits per heavy atom. The smallest absolute Gasteiger partial charge is 0.337 e. The third kappa shape index (κ3) is 2.95. The molecule has 2 rings (SSSR count). The Bertz CT molecular complexity index is 459. The van der Waals surface area contributed by atoms with Crippen molar-refractivity contribution in [2.45, 2.75) is 45.6 Å². The quantitative estimate of drug-likeness (QED) is 0.580. The second kappa shape index (κ2) is 5.70. The lowest BCUT2D eigenvalue weighted by Crippen LogP contribution is -2.21. The molecule has 0 bridgehead atoms. The van der Waals surface area contributed by atoms with Gasteiger partial charge < -0.3 is 9.84 Å². The van der Waals surface area contributed by atoms with Crippen molar-refractivity contribution < 1.29 is 19.4 Å². The molecule has 1 heterocycles. The molecular formula is C15H20O4. The summed E-state index contributed by atoms with van der Waals surface area (Å²) in [6.07, 6.45) is 4.13. The van der Waals surface area contributed by atoms with Gasteiger partial charge in [0.1, 0.15) is 11.9 Å². The monoisotopic (exact) mass is 264 g/mol. The van der Waals surface area contributed by atoms with E-state index in [2.05, 4.69) is 0 Å². The van der Waals surface area contributed by atoms with Crippen LogP contribution in [0.5, 0.6) is 0 Å². The summed E-state index contributed by atoms with van der Waals surface area (Å²) in [5.41, 5.74) is 2.41. The number of aliphatic hydroxyl groups excluding tert-OH is 1. The van der Waals surface area contributed by atoms with Gasteiger partial charge in [-0.2, -0.15) is 0 Å². The van der Waals surface area contributed by atoms with E-state index < -0.39 is 5.97 Å². The second-order valence-electron chi connectivity index (χ2n) is 5.41. The molecule has 0 saturated carbocycles. The van der Waals surface area contributed by atoms with Crippen LogP contribution >= 0.6 is 0 Å². The first-order valence-corrected chi connectivity index (χ1v) is 6.75. The number of ether oxygens (including phenoxy) is 1. The zero-order valence-electron chi connectivity index (χ0n) is 11.4. The van der Waals surface area contributed by atoms with Gasteiger partial charge >= 0.3 is 5.97 Å². The number of ketones is 1. The summed E-state index contributed by atoms with van der Waals surface area (Å²) in [5.74, 6) is -0.384. The molecule has 0 fully saturated rings. The minimum atomic E-state index is -0.428. The lowest BCUT2D eigenvalue weighted by atomic mass is 9.88. The number of carbonyl (C=O) groups excluding carboxylic acids is 2. The third-order valence-electron chi connectivity index (χ3n) is 3.99. The van der Waals surface area contributed by atoms with Crippen LogP contribution in [-0.4, -0.2) is 29.6 Å². The van der Waals surface area contributed by atoms with Gasteiger partial charge in [-0.15, -0.1) is 0 Å². The zero-order chi connectivity index (χ0) is 14.0. The molecule has 2 atom stereocenters. The summed E-state index contributed by atoms with van der Waals surface area (Å²) in [7, 11) is 0. The molecule has 1 aliphatic heterocycles. The molecule has 1 aliphatic carbocycles. The van der Waals surface area contributed by atoms with Gasteiger partial charge in [0, 0.05) is 12.3 Å². The predicted molar refractivity (Wildman–Crippen MR) is 70.4 cm³/mol. The fourth-order valence-corrected chi connectivity index (χ4v) is 2.63. The summed E-state index contributed by atoms with van der Waals surface area (Å²) >= 11 is 0. The maximum atomic E-state index is 11.9. The Labute approximate surface area is 113 Å². The number of esters is 1. The molecule has 0 aromatic carbocycles. The van der Waals surface area contributed by atoms with Gasteiger partial charge in [-0.3, -0.25) is 4.79 Å². The number of allylic oxidation sites excluding steroid dienone is 2. The summed E-state index contributed by atoms with van der Waals surface area (Å²) in [5, 5.41) is 9.31. The van der Waals surface area contributed by atoms with Gasteiger partial charge in [0.25, 0.3) is 0 Å². The molecule has 4 nitrogen and oxygen atoms in total. The number of rotatable bonds is 1. The van der Waals surface area contributed by atoms with E-state index >= 15 is 0 Å². The van der Waals surface area contributed by atoms with Gasteiger partial charge in [0.15, 0.2) is 0 Å². The first-order valence-electron chi connectivity index (χ1n) is 6.75. The summed E-state index contributed by atoms with van der Waals surface area (Å²) in [4.78, 5) is 23.6. The number of Topliss-reactive ketones (excluding diaryl/α,β-unsaturated/α-hetero) is 1. The van der Waals surface area contributed by atoms with Crippen molar-refractivity contribution in [2.24, 2.45) is 5.92 Å². The van der Waals surface area contributed by atoms with E-state index in [-0.39, 0.29) is 24.4 Å². The van der Waals surface area contributed by atoms with Crippen molar-refractivity contribution in [1.82, 2.24) is 0 Å². The Kier molecular flexibility index (Phi) is 4.20. The lowest BCUT2D eigenvalue weighted by molar-refractivity contribution is -0.141. The molecule has 19 heavy (non-hydrogen) atoms. The van der Waals surface area contributed by atoms with Crippen LogP contribution in [0.2, 0.25) is 0 Å². The average Bonchev–Trinajstić information content (AvgIpc) is 2.67. The minimum absolute atomic E-state index is 0.131. The molecular weight excluding hydrogens is 244 g/mol. The van der Waals surface area contributed by atoms with Crippen LogP contribution in [0.1, 0.15) is 39.5 Å². The van der Waals surface area contributed by atoms with Crippen LogP contribution in [-0.2, 0) is 14.3 Å². The molecule has 1 N–H and O–H groups in total. The van der Waals surface area contributed by atoms with Gasteiger partial charge in [-0.05, 0) is 31.8 Å². The number of aliphatic hydroxyl groups is 1. The summed E-state index contributed by atoms with van der Waals surface area (Å²) < 4.78 is 5.31. The van der Waals surface area contributed by atoms with Crippen molar-refractivity contribution in [3.63, 3.8) is 0 Å². The maximum Gasteiger partial charge on any atom is 0.337 e. The molecule has 0 saturated heterocycles. The van der Waals surface area contributed by atoms with Crippen LogP contribution in [0, 0.1) is 5.92 Å². The van der Waals surface area contributed by atoms with Crippen LogP contribution < -0.4 is 0 Å². The Morgan fingerprint density at radius 3 is 2.79 bits per heavy atom. The van der Waals surface area contributed by atoms with E-state index in [4.69, 9.17) is 4.74 Å². The summed E-state index contributed by atoms with van der Waals surface area (Å²) in [6.45, 7) is 3.58. The molecule has 0 aromatic heterocycles. The maximum absolute atomic E-state index is 11.9. The second-order valence-corrected chi connectivity index (χ2v) is 5.41. The van der Waals surface area contributed by atoms with E-state index in [1.165, 1.54) is 0 Å². The highest BCUT2D eigenvalue weighted by molar-refractivity contribution is 5.92. The molecule has 0 spiro atoms. The van der Waals surface area contributed by atoms with Crippen LogP contribution in [0.25, 0.3) is 0 Å². The molecule has 0 aromatic rings. The topological polar surface area (TPSA) is 63.6 Å². The largest absolute Gasteiger partial charge is 0.454 e. The highest BCUT2D eigenvalue weighted by Gasteiger charge is 2.35. The standard InChI is InChI=1S/C15H20O4/c1-9-3-5-11-12(8-16)15(18)19-14(11)7-10(2)13(17)6-4-9/h4,10,14,16H,3,5-8H2,1-2H3/b9-4-/t10-,14-/m1/s1. The first kappa shape index (κ1) is 14.0. The number of fused-ring (bicyclic) bond motifs is 1. The highest BCUT2D eigenvalue weighted by atomic mass is 16.5. The Balaban J connectivity index is 2.31. The number of hydrogen-bond acceptors (Lipinski definition) is 4. The summed E-state index contributed by atoms with van der Waals surface area (Å²) in [6, 6.07) is 0. The van der Waals surface area contributed by atoms with Crippen molar-refractivity contribution >= 4 is 11.8 Å². The van der Waals surface area contributed by atoms with E-state index in [1.807, 2.05) is 19.9 Å². The number of hydrogen-bond donors (Lipinski definition) is 1. The van der Waals surface area contributed by atoms with Gasteiger partial charge in [-0.1, -0.05) is 18.6 Å². The molecule has 0 amide bonds. The van der Waals surface area contributed by atoms with Gasteiger partial charge in [-0.25, -0.2) is 4.79 Å². The number of carbonyl (C=O) groups is 2. The van der Waals surface area contributed by atoms with Gasteiger partial charge in [0.2, 0.25) is 0 Å². The molecule has 2 aliphatic rings. The minimum Gasteiger partial charge on any atom is -0.454 e. The molecule has 4 heteroatoms. The van der Waals surface area contributed by atoms with E-state index in [9.17, 15) is 14.7 Å². The molecule has 0 unspecified atom stereocenters. The van der Waals surface area contributed by atoms with Crippen LogP contribution in [0.15, 0.2) is 22.8 Å². The van der Waals surface area contributed by atoms with Crippen LogP contribution in [0.4, 0.5) is 0 Å². The Hall–Kier alpha value is -1.42. The fourth-order valence-electron chi connectivity index (χ4n) is 2.63. The predicted octanol–water partition coefficient (Wildman–Crippen LogP) is 1.93. The normalized spacial score (nSPS) is 31.6. The van der Waals surface area contributed by atoms with Crippen molar-refractivity contribution in [1.29, 1.82) is 0 Å². The third-order valence-corrected chi connectivity index (χ3v) is 3.99. The van der Waals surface area contributed by atoms with Crippen LogP contribution in [0.3, 0.4) is 0 Å². The lowest BCUT2D eigenvalue weighted by Gasteiger charge is -2.19. The van der Waals surface area contributed by atoms with Crippen molar-refractivity contribution in [3.8, 4) is 0 Å². The van der Waals surface area contributed by atoms with E-state index in [1.54, 1.807) is 0 Å². The van der Waals surface area contributed by atoms with Gasteiger partial charge in [0.05, 0.1) is 12.2 Å². The first-order chi connectivity index (χ1) is 9.02. The average molecular weight is 264 g/mol. The van der Waals surface area contributed by atoms with E-state index in [0.29, 0.717) is 18.4 Å². The van der Waals surface area contributed by atoms with Crippen molar-refractivity contribution in [3.05, 3.63) is 22.8 Å². The zero-order valence-corrected chi connectivity index (χ0v) is 11.4. The van der Waals surface area contributed by atoms with E-state index in [0.717, 1.165) is 24.0 Å². The highest BCUT2D eigenvalue weighted by Crippen LogP contribution is 2.32. The van der Waals surface area contributed by atoms with Crippen molar-refractivity contribution in [2.75, 3.05) is 6.61 Å². The SMILES string of the molecule is C/C1=C/CC(=O)[C@H](C)C[C@H]2OC(=O)C(CO)=C2CC1.